The molecule has 3 nitrogen and oxygen atoms in total. The number of carbonyl (C=O) groups excluding carboxylic acids is 1. The van der Waals surface area contributed by atoms with E-state index in [0.717, 1.165) is 16.6 Å². The molecule has 3 aromatic carbocycles. The molecule has 3 heteroatoms. The van der Waals surface area contributed by atoms with Gasteiger partial charge in [-0.2, -0.15) is 0 Å². The normalized spacial score (nSPS) is 11.6. The second-order valence-corrected chi connectivity index (χ2v) is 5.77. The monoisotopic (exact) mass is 324 g/mol. The second kappa shape index (κ2) is 6.57. The van der Waals surface area contributed by atoms with Crippen LogP contribution in [0.5, 0.6) is 0 Å². The van der Waals surface area contributed by atoms with Crippen molar-refractivity contribution in [2.75, 3.05) is 0 Å². The van der Waals surface area contributed by atoms with Crippen molar-refractivity contribution < 1.29 is 4.79 Å². The summed E-state index contributed by atoms with van der Waals surface area (Å²) in [4.78, 5) is 21.0. The van der Waals surface area contributed by atoms with Crippen molar-refractivity contribution >= 4 is 28.5 Å². The summed E-state index contributed by atoms with van der Waals surface area (Å²) in [6.07, 6.45) is 1.88. The number of nitrogens with zero attached hydrogens (tertiary/aromatic N) is 1. The van der Waals surface area contributed by atoms with Gasteiger partial charge >= 0.3 is 0 Å². The highest BCUT2D eigenvalue weighted by Gasteiger charge is 2.17. The lowest BCUT2D eigenvalue weighted by Gasteiger charge is -2.05. The van der Waals surface area contributed by atoms with E-state index in [1.807, 2.05) is 91.0 Å². The molecular weight excluding hydrogens is 308 g/mol. The SMILES string of the molecule is O=C(/C(=C/c1ccccc1)c1nc2ccccc2[nH]1)c1ccccc1. The van der Waals surface area contributed by atoms with Crippen molar-refractivity contribution in [2.45, 2.75) is 0 Å². The van der Waals surface area contributed by atoms with Crippen molar-refractivity contribution in [1.29, 1.82) is 0 Å². The predicted molar refractivity (Wildman–Crippen MR) is 101 cm³/mol. The number of nitrogens with one attached hydrogen (secondary N) is 1. The van der Waals surface area contributed by atoms with E-state index < -0.39 is 0 Å². The Hall–Kier alpha value is -3.46. The van der Waals surface area contributed by atoms with E-state index in [2.05, 4.69) is 9.97 Å². The van der Waals surface area contributed by atoms with E-state index in [1.165, 1.54) is 0 Å². The fourth-order valence-corrected chi connectivity index (χ4v) is 2.78. The van der Waals surface area contributed by atoms with Crippen molar-refractivity contribution in [1.82, 2.24) is 9.97 Å². The number of allylic oxidation sites excluding steroid dienone is 1. The lowest BCUT2D eigenvalue weighted by Crippen LogP contribution is -2.04. The van der Waals surface area contributed by atoms with Gasteiger partial charge in [-0.05, 0) is 23.8 Å². The lowest BCUT2D eigenvalue weighted by atomic mass is 10.0. The summed E-state index contributed by atoms with van der Waals surface area (Å²) in [6.45, 7) is 0. The molecule has 0 radical (unpaired) electrons. The van der Waals surface area contributed by atoms with Gasteiger partial charge in [0.05, 0.1) is 16.6 Å². The Morgan fingerprint density at radius 1 is 0.800 bits per heavy atom. The number of benzene rings is 3. The van der Waals surface area contributed by atoms with Gasteiger partial charge < -0.3 is 4.98 Å². The number of ketones is 1. The van der Waals surface area contributed by atoms with Gasteiger partial charge in [0.2, 0.25) is 0 Å². The van der Waals surface area contributed by atoms with Crippen LogP contribution in [0.1, 0.15) is 21.7 Å². The number of aromatic nitrogens is 2. The number of aromatic amines is 1. The Morgan fingerprint density at radius 2 is 1.44 bits per heavy atom. The Morgan fingerprint density at radius 3 is 2.16 bits per heavy atom. The molecule has 1 aromatic heterocycles. The molecule has 0 spiro atoms. The Bertz CT molecular complexity index is 1010. The first-order valence-corrected chi connectivity index (χ1v) is 8.13. The number of rotatable bonds is 4. The third kappa shape index (κ3) is 3.12. The minimum Gasteiger partial charge on any atom is -0.338 e. The fraction of sp³-hybridized carbons (Fsp3) is 0. The highest BCUT2D eigenvalue weighted by molar-refractivity contribution is 6.31. The molecule has 0 amide bonds. The molecule has 0 unspecified atom stereocenters. The largest absolute Gasteiger partial charge is 0.338 e. The molecule has 0 fully saturated rings. The number of hydrogen-bond donors (Lipinski definition) is 1. The maximum absolute atomic E-state index is 13.1. The number of Topliss-reactive ketones (excluding diaryl/α,β-unsaturated/α-hetero) is 1. The topological polar surface area (TPSA) is 45.8 Å². The highest BCUT2D eigenvalue weighted by atomic mass is 16.1. The van der Waals surface area contributed by atoms with E-state index in [9.17, 15) is 4.79 Å². The first-order chi connectivity index (χ1) is 12.3. The van der Waals surface area contributed by atoms with Gasteiger partial charge in [0.1, 0.15) is 5.82 Å². The standard InChI is InChI=1S/C22H16N2O/c25-21(17-11-5-2-6-12-17)18(15-16-9-3-1-4-10-16)22-23-19-13-7-8-14-20(19)24-22/h1-15H,(H,23,24)/b18-15-. The summed E-state index contributed by atoms with van der Waals surface area (Å²) in [5.74, 6) is 0.530. The van der Waals surface area contributed by atoms with Gasteiger partial charge in [-0.15, -0.1) is 0 Å². The Labute approximate surface area is 145 Å². The van der Waals surface area contributed by atoms with Crippen molar-refractivity contribution in [3.05, 3.63) is 102 Å². The molecule has 0 aliphatic heterocycles. The van der Waals surface area contributed by atoms with E-state index in [0.29, 0.717) is 17.0 Å². The number of fused-ring (bicyclic) bond motifs is 1. The summed E-state index contributed by atoms with van der Waals surface area (Å²) in [6, 6.07) is 26.9. The fourth-order valence-electron chi connectivity index (χ4n) is 2.78. The first kappa shape index (κ1) is 15.1. The van der Waals surface area contributed by atoms with Crippen molar-refractivity contribution in [3.8, 4) is 0 Å². The van der Waals surface area contributed by atoms with E-state index in [4.69, 9.17) is 0 Å². The highest BCUT2D eigenvalue weighted by Crippen LogP contribution is 2.23. The minimum atomic E-state index is -0.0523. The van der Waals surface area contributed by atoms with Gasteiger partial charge in [0, 0.05) is 5.56 Å². The molecule has 0 saturated carbocycles. The molecule has 4 rings (SSSR count). The number of H-pyrrole nitrogens is 1. The Balaban J connectivity index is 1.86. The van der Waals surface area contributed by atoms with E-state index in [1.54, 1.807) is 0 Å². The molecule has 1 heterocycles. The van der Waals surface area contributed by atoms with Crippen LogP contribution < -0.4 is 0 Å². The quantitative estimate of drug-likeness (QED) is 0.425. The molecule has 1 N–H and O–H groups in total. The lowest BCUT2D eigenvalue weighted by molar-refractivity contribution is 0.105. The minimum absolute atomic E-state index is 0.0523. The van der Waals surface area contributed by atoms with Crippen LogP contribution in [-0.4, -0.2) is 15.8 Å². The molecule has 0 saturated heterocycles. The maximum Gasteiger partial charge on any atom is 0.196 e. The van der Waals surface area contributed by atoms with Crippen LogP contribution in [0.2, 0.25) is 0 Å². The van der Waals surface area contributed by atoms with E-state index in [-0.39, 0.29) is 5.78 Å². The summed E-state index contributed by atoms with van der Waals surface area (Å²) in [7, 11) is 0. The van der Waals surface area contributed by atoms with Gasteiger partial charge in [0.15, 0.2) is 5.78 Å². The zero-order valence-electron chi connectivity index (χ0n) is 13.5. The predicted octanol–water partition coefficient (Wildman–Crippen LogP) is 4.99. The zero-order chi connectivity index (χ0) is 17.1. The summed E-state index contributed by atoms with van der Waals surface area (Å²) in [5, 5.41) is 0. The van der Waals surface area contributed by atoms with Crippen LogP contribution >= 0.6 is 0 Å². The smallest absolute Gasteiger partial charge is 0.196 e. The third-order valence-electron chi connectivity index (χ3n) is 4.04. The molecule has 0 aliphatic rings. The van der Waals surface area contributed by atoms with Crippen LogP contribution in [0.4, 0.5) is 0 Å². The van der Waals surface area contributed by atoms with Gasteiger partial charge in [-0.3, -0.25) is 4.79 Å². The summed E-state index contributed by atoms with van der Waals surface area (Å²) in [5.41, 5.74) is 3.91. The van der Waals surface area contributed by atoms with Gasteiger partial charge in [0.25, 0.3) is 0 Å². The van der Waals surface area contributed by atoms with Crippen molar-refractivity contribution in [3.63, 3.8) is 0 Å². The average molecular weight is 324 g/mol. The van der Waals surface area contributed by atoms with E-state index >= 15 is 0 Å². The molecule has 0 bridgehead atoms. The number of para-hydroxylation sites is 2. The van der Waals surface area contributed by atoms with Gasteiger partial charge in [-0.25, -0.2) is 4.98 Å². The summed E-state index contributed by atoms with van der Waals surface area (Å²) >= 11 is 0. The van der Waals surface area contributed by atoms with Gasteiger partial charge in [-0.1, -0.05) is 72.8 Å². The third-order valence-corrected chi connectivity index (χ3v) is 4.04. The second-order valence-electron chi connectivity index (χ2n) is 5.77. The number of imidazole rings is 1. The van der Waals surface area contributed by atoms with Crippen LogP contribution in [0.25, 0.3) is 22.7 Å². The molecule has 0 atom stereocenters. The Kier molecular flexibility index (Phi) is 3.97. The molecule has 25 heavy (non-hydrogen) atoms. The van der Waals surface area contributed by atoms with Crippen LogP contribution in [0.15, 0.2) is 84.9 Å². The zero-order valence-corrected chi connectivity index (χ0v) is 13.5. The average Bonchev–Trinajstić information content (AvgIpc) is 3.11. The van der Waals surface area contributed by atoms with Crippen LogP contribution in [-0.2, 0) is 0 Å². The molecule has 0 aliphatic carbocycles. The first-order valence-electron chi connectivity index (χ1n) is 8.13. The van der Waals surface area contributed by atoms with Crippen LogP contribution in [0.3, 0.4) is 0 Å². The maximum atomic E-state index is 13.1. The van der Waals surface area contributed by atoms with Crippen LogP contribution in [0, 0.1) is 0 Å². The summed E-state index contributed by atoms with van der Waals surface area (Å²) < 4.78 is 0. The molecule has 120 valence electrons. The number of carbonyl (C=O) groups is 1. The molecular formula is C22H16N2O. The molecule has 4 aromatic rings. The van der Waals surface area contributed by atoms with Crippen molar-refractivity contribution in [2.24, 2.45) is 0 Å². The number of hydrogen-bond acceptors (Lipinski definition) is 2.